The van der Waals surface area contributed by atoms with Crippen LogP contribution in [0.2, 0.25) is 0 Å². The van der Waals surface area contributed by atoms with E-state index in [1.54, 1.807) is 0 Å². The monoisotopic (exact) mass is 445 g/mol. The maximum atomic E-state index is 9.42. The van der Waals surface area contributed by atoms with Gasteiger partial charge in [-0.25, -0.2) is 4.57 Å². The summed E-state index contributed by atoms with van der Waals surface area (Å²) in [6.45, 7) is 4.35. The van der Waals surface area contributed by atoms with E-state index in [9.17, 15) is 5.26 Å². The van der Waals surface area contributed by atoms with Gasteiger partial charge in [-0.05, 0) is 78.6 Å². The van der Waals surface area contributed by atoms with Crippen molar-refractivity contribution in [3.05, 3.63) is 77.0 Å². The van der Waals surface area contributed by atoms with Gasteiger partial charge in [0.05, 0.1) is 22.6 Å². The summed E-state index contributed by atoms with van der Waals surface area (Å²) in [5.74, 6) is 0.837. The molecule has 0 saturated heterocycles. The third-order valence-corrected chi connectivity index (χ3v) is 7.85. The van der Waals surface area contributed by atoms with Crippen molar-refractivity contribution in [2.24, 2.45) is 13.0 Å². The van der Waals surface area contributed by atoms with Crippen molar-refractivity contribution < 1.29 is 8.98 Å². The minimum atomic E-state index is 0.653. The molecule has 0 radical (unpaired) electrons. The number of hydrogen-bond acceptors (Lipinski definition) is 2. The Balaban J connectivity index is 1.60. The third kappa shape index (κ3) is 3.29. The summed E-state index contributed by atoms with van der Waals surface area (Å²) in [5, 5.41) is 14.0. The molecule has 0 N–H and O–H groups in total. The Labute approximate surface area is 200 Å². The highest BCUT2D eigenvalue weighted by Crippen LogP contribution is 2.41. The van der Waals surface area contributed by atoms with Crippen LogP contribution in [0.25, 0.3) is 44.0 Å². The molecule has 168 valence electrons. The Hall–Kier alpha value is -3.64. The molecule has 0 bridgehead atoms. The molecular formula is C31H29N2O+. The summed E-state index contributed by atoms with van der Waals surface area (Å²) in [6, 6.07) is 19.4. The largest absolute Gasteiger partial charge is 0.455 e. The molecule has 0 aliphatic heterocycles. The van der Waals surface area contributed by atoms with Gasteiger partial charge in [-0.2, -0.15) is 5.26 Å². The van der Waals surface area contributed by atoms with Crippen LogP contribution in [0.1, 0.15) is 47.9 Å². The van der Waals surface area contributed by atoms with Crippen molar-refractivity contribution in [2.75, 3.05) is 0 Å². The Morgan fingerprint density at radius 1 is 0.971 bits per heavy atom. The van der Waals surface area contributed by atoms with Gasteiger partial charge in [0.1, 0.15) is 18.2 Å². The minimum absolute atomic E-state index is 0.653. The first kappa shape index (κ1) is 20.9. The van der Waals surface area contributed by atoms with Gasteiger partial charge >= 0.3 is 0 Å². The fourth-order valence-corrected chi connectivity index (χ4v) is 5.90. The summed E-state index contributed by atoms with van der Waals surface area (Å²) < 4.78 is 8.68. The second-order valence-electron chi connectivity index (χ2n) is 10.0. The molecule has 0 spiro atoms. The summed E-state index contributed by atoms with van der Waals surface area (Å²) in [6.07, 6.45) is 8.86. The van der Waals surface area contributed by atoms with E-state index in [4.69, 9.17) is 4.42 Å². The standard InChI is InChI=1S/C31H29N2O/c1-19-14-27-26-17-23(18-32)9-11-28(26)34-31(27)29(20(19)2)30-25-10-8-22(15-21-6-4-5-7-21)16-24(25)12-13-33(30)3/h8-14,16-17,21H,4-7,15H2,1-3H3/q+1. The molecule has 5 aromatic rings. The first-order chi connectivity index (χ1) is 16.5. The van der Waals surface area contributed by atoms with Gasteiger partial charge in [0.2, 0.25) is 5.69 Å². The van der Waals surface area contributed by atoms with E-state index in [-0.39, 0.29) is 0 Å². The summed E-state index contributed by atoms with van der Waals surface area (Å²) in [7, 11) is 2.12. The predicted molar refractivity (Wildman–Crippen MR) is 138 cm³/mol. The molecule has 0 atom stereocenters. The number of benzene rings is 3. The molecule has 6 rings (SSSR count). The second kappa shape index (κ2) is 7.99. The van der Waals surface area contributed by atoms with Crippen LogP contribution in [0, 0.1) is 31.1 Å². The third-order valence-electron chi connectivity index (χ3n) is 7.85. The topological polar surface area (TPSA) is 40.8 Å². The maximum Gasteiger partial charge on any atom is 0.224 e. The molecule has 0 amide bonds. The van der Waals surface area contributed by atoms with Crippen LogP contribution in [-0.2, 0) is 13.5 Å². The van der Waals surface area contributed by atoms with Crippen LogP contribution in [0.5, 0.6) is 0 Å². The number of fused-ring (bicyclic) bond motifs is 4. The van der Waals surface area contributed by atoms with Crippen molar-refractivity contribution in [1.29, 1.82) is 5.26 Å². The molecule has 1 saturated carbocycles. The number of nitrogens with zero attached hydrogens (tertiary/aromatic N) is 2. The highest BCUT2D eigenvalue weighted by molar-refractivity contribution is 6.12. The van der Waals surface area contributed by atoms with Crippen molar-refractivity contribution in [3.63, 3.8) is 0 Å². The Bertz CT molecular complexity index is 1630. The fourth-order valence-electron chi connectivity index (χ4n) is 5.90. The molecule has 1 aliphatic rings. The van der Waals surface area contributed by atoms with E-state index < -0.39 is 0 Å². The molecule has 2 heterocycles. The van der Waals surface area contributed by atoms with Crippen molar-refractivity contribution in [3.8, 4) is 17.3 Å². The van der Waals surface area contributed by atoms with E-state index in [0.29, 0.717) is 5.56 Å². The van der Waals surface area contributed by atoms with E-state index in [1.807, 2.05) is 18.2 Å². The van der Waals surface area contributed by atoms with Crippen LogP contribution >= 0.6 is 0 Å². The number of hydrogen-bond donors (Lipinski definition) is 0. The number of pyridine rings is 1. The molecule has 1 aliphatic carbocycles. The van der Waals surface area contributed by atoms with Gasteiger partial charge in [-0.15, -0.1) is 0 Å². The lowest BCUT2D eigenvalue weighted by atomic mass is 9.92. The SMILES string of the molecule is Cc1cc2c(oc3ccc(C#N)cc32)c(-c2c3ccc(CC4CCCC4)cc3cc[n+]2C)c1C. The van der Waals surface area contributed by atoms with Crippen LogP contribution in [0.15, 0.2) is 59.1 Å². The maximum absolute atomic E-state index is 9.42. The van der Waals surface area contributed by atoms with E-state index in [2.05, 4.69) is 68.1 Å². The Morgan fingerprint density at radius 3 is 2.59 bits per heavy atom. The van der Waals surface area contributed by atoms with Gasteiger partial charge in [0.25, 0.3) is 0 Å². The predicted octanol–water partition coefficient (Wildman–Crippen LogP) is 7.45. The summed E-state index contributed by atoms with van der Waals surface area (Å²) in [4.78, 5) is 0. The molecule has 34 heavy (non-hydrogen) atoms. The number of rotatable bonds is 3. The van der Waals surface area contributed by atoms with Crippen molar-refractivity contribution >= 4 is 32.7 Å². The van der Waals surface area contributed by atoms with Crippen LogP contribution < -0.4 is 4.57 Å². The molecule has 3 nitrogen and oxygen atoms in total. The summed E-state index contributed by atoms with van der Waals surface area (Å²) in [5.41, 5.74) is 8.58. The van der Waals surface area contributed by atoms with Gasteiger partial charge < -0.3 is 4.42 Å². The van der Waals surface area contributed by atoms with Crippen molar-refractivity contribution in [1.82, 2.24) is 0 Å². The number of aryl methyl sites for hydroxylation is 2. The lowest BCUT2D eigenvalue weighted by Gasteiger charge is -2.13. The zero-order chi connectivity index (χ0) is 23.4. The zero-order valence-electron chi connectivity index (χ0n) is 20.1. The fraction of sp³-hybridized carbons (Fsp3) is 0.290. The van der Waals surface area contributed by atoms with E-state index in [1.165, 1.54) is 65.3 Å². The lowest BCUT2D eigenvalue weighted by molar-refractivity contribution is -0.659. The number of nitriles is 1. The molecule has 3 aromatic carbocycles. The normalized spacial score (nSPS) is 14.4. The minimum Gasteiger partial charge on any atom is -0.455 e. The van der Waals surface area contributed by atoms with Crippen LogP contribution in [0.3, 0.4) is 0 Å². The van der Waals surface area contributed by atoms with Gasteiger partial charge in [0, 0.05) is 16.8 Å². The first-order valence-corrected chi connectivity index (χ1v) is 12.3. The highest BCUT2D eigenvalue weighted by Gasteiger charge is 2.25. The molecule has 1 fully saturated rings. The number of furan rings is 1. The van der Waals surface area contributed by atoms with E-state index >= 15 is 0 Å². The molecule has 0 unspecified atom stereocenters. The number of aromatic nitrogens is 1. The quantitative estimate of drug-likeness (QED) is 0.271. The summed E-state index contributed by atoms with van der Waals surface area (Å²) >= 11 is 0. The first-order valence-electron chi connectivity index (χ1n) is 12.3. The molecule has 2 aromatic heterocycles. The van der Waals surface area contributed by atoms with E-state index in [0.717, 1.165) is 33.4 Å². The van der Waals surface area contributed by atoms with Gasteiger partial charge in [-0.1, -0.05) is 37.8 Å². The van der Waals surface area contributed by atoms with Crippen LogP contribution in [0.4, 0.5) is 0 Å². The second-order valence-corrected chi connectivity index (χ2v) is 10.0. The lowest BCUT2D eigenvalue weighted by Crippen LogP contribution is -2.31. The van der Waals surface area contributed by atoms with Gasteiger partial charge in [-0.3, -0.25) is 0 Å². The van der Waals surface area contributed by atoms with Gasteiger partial charge in [0.15, 0.2) is 6.20 Å². The Kier molecular flexibility index (Phi) is 4.92. The van der Waals surface area contributed by atoms with Crippen LogP contribution in [-0.4, -0.2) is 0 Å². The molecule has 3 heteroatoms. The smallest absolute Gasteiger partial charge is 0.224 e. The Morgan fingerprint density at radius 2 is 1.79 bits per heavy atom. The average molecular weight is 446 g/mol. The highest BCUT2D eigenvalue weighted by atomic mass is 16.3. The average Bonchev–Trinajstić information content (AvgIpc) is 3.48. The van der Waals surface area contributed by atoms with Crippen molar-refractivity contribution in [2.45, 2.75) is 46.0 Å². The zero-order valence-corrected chi connectivity index (χ0v) is 20.1. The molecular weight excluding hydrogens is 416 g/mol.